The molecule has 68 heavy (non-hydrogen) atoms. The maximum Gasteiger partial charge on any atom is 0.251 e. The van der Waals surface area contributed by atoms with Crippen LogP contribution in [0.3, 0.4) is 0 Å². The predicted octanol–water partition coefficient (Wildman–Crippen LogP) is 8.90. The minimum atomic E-state index is -0.930. The number of nitriles is 1. The largest absolute Gasteiger partial charge is 0.491 e. The topological polar surface area (TPSA) is 180 Å². The number of carbonyl (C=O) groups excluding carboxylic acids is 4. The molecule has 1 aromatic heterocycles. The Morgan fingerprint density at radius 1 is 1.00 bits per heavy atom. The van der Waals surface area contributed by atoms with E-state index in [1.807, 2.05) is 64.4 Å². The number of benzene rings is 3. The van der Waals surface area contributed by atoms with Crippen LogP contribution < -0.4 is 20.1 Å². The molecule has 15 heteroatoms. The van der Waals surface area contributed by atoms with Crippen molar-refractivity contribution in [3.8, 4) is 28.0 Å². The number of carbonyl (C=O) groups is 4. The van der Waals surface area contributed by atoms with Crippen LogP contribution in [0.25, 0.3) is 10.4 Å². The fourth-order valence-corrected chi connectivity index (χ4v) is 10.8. The van der Waals surface area contributed by atoms with Crippen molar-refractivity contribution in [2.75, 3.05) is 19.8 Å². The number of β-amino-alcohol motifs (C(OH)–C–C–N with tert-alkyl or cyclic N) is 1. The molecule has 3 aromatic carbocycles. The Morgan fingerprint density at radius 2 is 1.68 bits per heavy atom. The molecule has 3 amide bonds. The molecule has 1 saturated heterocycles. The van der Waals surface area contributed by atoms with Crippen LogP contribution in [0.1, 0.15) is 115 Å². The molecule has 6 rings (SSSR count). The molecule has 1 aliphatic carbocycles. The van der Waals surface area contributed by atoms with Crippen LogP contribution >= 0.6 is 22.9 Å². The van der Waals surface area contributed by atoms with E-state index in [-0.39, 0.29) is 55.9 Å². The number of aliphatic hydroxyl groups is 1. The van der Waals surface area contributed by atoms with Crippen LogP contribution in [0.4, 0.5) is 0 Å². The number of amides is 3. The third-order valence-electron chi connectivity index (χ3n) is 13.2. The van der Waals surface area contributed by atoms with E-state index in [9.17, 15) is 29.5 Å². The van der Waals surface area contributed by atoms with Crippen LogP contribution in [-0.2, 0) is 25.5 Å². The van der Waals surface area contributed by atoms with Gasteiger partial charge in [-0.05, 0) is 92.5 Å². The zero-order valence-corrected chi connectivity index (χ0v) is 42.3. The average Bonchev–Trinajstić information content (AvgIpc) is 3.91. The quantitative estimate of drug-likeness (QED) is 0.0724. The number of nitrogens with one attached hydrogen (secondary N) is 2. The number of aliphatic hydroxyl groups excluding tert-OH is 1. The number of aromatic nitrogens is 1. The van der Waals surface area contributed by atoms with E-state index >= 15 is 0 Å². The molecule has 0 spiro atoms. The molecule has 1 aliphatic heterocycles. The van der Waals surface area contributed by atoms with Gasteiger partial charge in [-0.25, -0.2) is 4.98 Å². The number of hydrogen-bond donors (Lipinski definition) is 3. The highest BCUT2D eigenvalue weighted by molar-refractivity contribution is 7.13. The lowest BCUT2D eigenvalue weighted by Gasteiger charge is -2.63. The SMILES string of the molecule is Cc1ncsc1-c1ccc(CCC(=O)[C@@H]2C[C@@H](O)CN2C(=O)[C@@H](NC(=O)COCCCC[C@@H](C)Oc2ccc(C(=O)NC3C(C)(C)C(Oc4ccc(C#N)c(Cl)c4)C3(C)C)cc2)C(C)(C)C)cc1. The van der Waals surface area contributed by atoms with Gasteiger partial charge in [0.05, 0.1) is 44.9 Å². The molecule has 1 saturated carbocycles. The van der Waals surface area contributed by atoms with E-state index in [4.69, 9.17) is 25.8 Å². The fourth-order valence-electron chi connectivity index (χ4n) is 9.80. The van der Waals surface area contributed by atoms with E-state index < -0.39 is 46.2 Å². The van der Waals surface area contributed by atoms with E-state index in [0.717, 1.165) is 34.5 Å². The summed E-state index contributed by atoms with van der Waals surface area (Å²) in [5.74, 6) is 0.0769. The maximum absolute atomic E-state index is 14.0. The number of Topliss-reactive ketones (excluding diaryl/α,β-unsaturated/α-hetero) is 1. The van der Waals surface area contributed by atoms with Crippen molar-refractivity contribution in [1.29, 1.82) is 5.26 Å². The summed E-state index contributed by atoms with van der Waals surface area (Å²) >= 11 is 7.83. The van der Waals surface area contributed by atoms with Gasteiger partial charge in [-0.1, -0.05) is 84.3 Å². The molecule has 4 atom stereocenters. The van der Waals surface area contributed by atoms with Crippen molar-refractivity contribution in [3.63, 3.8) is 0 Å². The second-order valence-electron chi connectivity index (χ2n) is 20.5. The molecule has 0 unspecified atom stereocenters. The average molecular weight is 969 g/mol. The van der Waals surface area contributed by atoms with Gasteiger partial charge in [-0.2, -0.15) is 5.26 Å². The number of rotatable bonds is 20. The fraction of sp³-hybridized carbons (Fsp3) is 0.509. The number of thiazole rings is 1. The second-order valence-corrected chi connectivity index (χ2v) is 21.8. The Bertz CT molecular complexity index is 2440. The monoisotopic (exact) mass is 967 g/mol. The van der Waals surface area contributed by atoms with Crippen LogP contribution in [-0.4, -0.2) is 94.7 Å². The Hall–Kier alpha value is -5.33. The zero-order valence-electron chi connectivity index (χ0n) is 40.7. The first-order valence-corrected chi connectivity index (χ1v) is 24.7. The van der Waals surface area contributed by atoms with Gasteiger partial charge in [0.1, 0.15) is 36.3 Å². The van der Waals surface area contributed by atoms with Gasteiger partial charge in [0.15, 0.2) is 5.78 Å². The van der Waals surface area contributed by atoms with E-state index in [1.54, 1.807) is 53.8 Å². The Labute approximate surface area is 409 Å². The molecule has 0 bridgehead atoms. The van der Waals surface area contributed by atoms with Gasteiger partial charge in [-0.3, -0.25) is 19.2 Å². The van der Waals surface area contributed by atoms with Gasteiger partial charge in [0.25, 0.3) is 5.91 Å². The summed E-state index contributed by atoms with van der Waals surface area (Å²) in [6, 6.07) is 20.4. The molecular weight excluding hydrogens is 902 g/mol. The first-order chi connectivity index (χ1) is 32.1. The Kier molecular flexibility index (Phi) is 16.8. The van der Waals surface area contributed by atoms with Gasteiger partial charge in [0, 0.05) is 54.5 Å². The predicted molar refractivity (Wildman–Crippen MR) is 264 cm³/mol. The van der Waals surface area contributed by atoms with Gasteiger partial charge >= 0.3 is 0 Å². The molecule has 2 aliphatic rings. The van der Waals surface area contributed by atoms with Gasteiger partial charge < -0.3 is 34.9 Å². The van der Waals surface area contributed by atoms with Crippen molar-refractivity contribution in [2.45, 2.75) is 137 Å². The molecule has 2 heterocycles. The first kappa shape index (κ1) is 52.0. The summed E-state index contributed by atoms with van der Waals surface area (Å²) < 4.78 is 18.2. The molecule has 0 radical (unpaired) electrons. The van der Waals surface area contributed by atoms with Crippen molar-refractivity contribution in [1.82, 2.24) is 20.5 Å². The minimum Gasteiger partial charge on any atom is -0.491 e. The lowest BCUT2D eigenvalue weighted by molar-refractivity contribution is -0.164. The summed E-state index contributed by atoms with van der Waals surface area (Å²) in [6.45, 7) is 17.9. The van der Waals surface area contributed by atoms with Crippen molar-refractivity contribution < 1.29 is 38.5 Å². The summed E-state index contributed by atoms with van der Waals surface area (Å²) in [4.78, 5) is 61.0. The smallest absolute Gasteiger partial charge is 0.251 e. The molecular formula is C53H66ClN5O8S. The highest BCUT2D eigenvalue weighted by atomic mass is 35.5. The standard InChI is InChI=1S/C53H66ClN5O8S/c1-32(66-39-21-18-36(19-22-39)47(63)58-49-52(6,7)50(53(49,8)9)67-40-23-20-37(28-55)41(54)27-40)12-10-11-25-65-30-44(62)57-46(51(3,4)5)48(64)59-29-38(60)26-42(59)43(61)24-15-34-13-16-35(17-14-34)45-33(2)56-31-68-45/h13-14,16-23,27,31-32,38,42,46,49-50,60H,10-12,15,24-26,29-30H2,1-9H3,(H,57,62)(H,58,63)/t32-,38-,42+,46-,49?,50?/m1/s1. The summed E-state index contributed by atoms with van der Waals surface area (Å²) in [6.07, 6.45) is 1.94. The lowest BCUT2D eigenvalue weighted by atomic mass is 9.49. The minimum absolute atomic E-state index is 0.0254. The maximum atomic E-state index is 14.0. The van der Waals surface area contributed by atoms with Crippen LogP contribution in [0, 0.1) is 34.5 Å². The third kappa shape index (κ3) is 12.5. The number of hydrogen-bond acceptors (Lipinski definition) is 11. The molecule has 364 valence electrons. The van der Waals surface area contributed by atoms with Crippen molar-refractivity contribution in [3.05, 3.63) is 99.6 Å². The number of likely N-dealkylation sites (tertiary alicyclic amines) is 1. The van der Waals surface area contributed by atoms with Gasteiger partial charge in [0.2, 0.25) is 11.8 Å². The van der Waals surface area contributed by atoms with Crippen molar-refractivity contribution >= 4 is 46.4 Å². The summed E-state index contributed by atoms with van der Waals surface area (Å²) in [5.41, 5.74) is 4.32. The lowest BCUT2D eigenvalue weighted by Crippen LogP contribution is -2.74. The van der Waals surface area contributed by atoms with E-state index in [1.165, 1.54) is 4.90 Å². The second kappa shape index (κ2) is 22.0. The molecule has 2 fully saturated rings. The zero-order chi connectivity index (χ0) is 49.6. The van der Waals surface area contributed by atoms with Crippen LogP contribution in [0.5, 0.6) is 11.5 Å². The van der Waals surface area contributed by atoms with E-state index in [2.05, 4.69) is 49.4 Å². The molecule has 4 aromatic rings. The van der Waals surface area contributed by atoms with Crippen LogP contribution in [0.15, 0.2) is 72.2 Å². The highest BCUT2D eigenvalue weighted by Crippen LogP contribution is 2.55. The Balaban J connectivity index is 0.893. The Morgan fingerprint density at radius 3 is 2.29 bits per heavy atom. The molecule has 3 N–H and O–H groups in total. The number of ether oxygens (including phenoxy) is 3. The number of aryl methyl sites for hydroxylation is 2. The summed E-state index contributed by atoms with van der Waals surface area (Å²) in [5, 5.41) is 26.2. The molecule has 13 nitrogen and oxygen atoms in total. The van der Waals surface area contributed by atoms with Crippen molar-refractivity contribution in [2.24, 2.45) is 16.2 Å². The highest BCUT2D eigenvalue weighted by Gasteiger charge is 2.64. The van der Waals surface area contributed by atoms with E-state index in [0.29, 0.717) is 47.1 Å². The first-order valence-electron chi connectivity index (χ1n) is 23.4. The summed E-state index contributed by atoms with van der Waals surface area (Å²) in [7, 11) is 0. The third-order valence-corrected chi connectivity index (χ3v) is 14.5. The number of ketones is 1. The number of nitrogens with zero attached hydrogens (tertiary/aromatic N) is 3. The number of unbranched alkanes of at least 4 members (excludes halogenated alkanes) is 1. The normalized spacial score (nSPS) is 20.4. The van der Waals surface area contributed by atoms with Gasteiger partial charge in [-0.15, -0.1) is 11.3 Å². The van der Waals surface area contributed by atoms with Crippen LogP contribution in [0.2, 0.25) is 5.02 Å². The number of halogens is 1.